The van der Waals surface area contributed by atoms with Crippen molar-refractivity contribution in [2.45, 2.75) is 0 Å². The predicted molar refractivity (Wildman–Crippen MR) is 100 cm³/mol. The van der Waals surface area contributed by atoms with Crippen LogP contribution in [0.25, 0.3) is 21.5 Å². The fourth-order valence-corrected chi connectivity index (χ4v) is 2.92. The summed E-state index contributed by atoms with van der Waals surface area (Å²) in [5, 5.41) is 30.6. The van der Waals surface area contributed by atoms with Crippen LogP contribution in [-0.2, 0) is 0 Å². The third-order valence-corrected chi connectivity index (χ3v) is 4.23. The van der Waals surface area contributed by atoms with Gasteiger partial charge in [-0.1, -0.05) is 42.5 Å². The van der Waals surface area contributed by atoms with Crippen molar-refractivity contribution < 1.29 is 15.0 Å². The minimum absolute atomic E-state index is 0.0167. The molecule has 0 fully saturated rings. The molecule has 0 radical (unpaired) electrons. The molecule has 0 atom stereocenters. The summed E-state index contributed by atoms with van der Waals surface area (Å²) in [5.41, 5.74) is 0.857. The first kappa shape index (κ1) is 15.8. The zero-order valence-electron chi connectivity index (χ0n) is 13.6. The number of carbonyl (C=O) groups is 1. The zero-order valence-corrected chi connectivity index (χ0v) is 13.6. The van der Waals surface area contributed by atoms with E-state index in [9.17, 15) is 15.0 Å². The fraction of sp³-hybridized carbons (Fsp3) is 0. The van der Waals surface area contributed by atoms with Crippen molar-refractivity contribution in [2.75, 3.05) is 0 Å². The molecule has 4 aromatic rings. The van der Waals surface area contributed by atoms with Gasteiger partial charge < -0.3 is 10.2 Å². The topological polar surface area (TPSA) is 82.2 Å². The van der Waals surface area contributed by atoms with Gasteiger partial charge in [-0.25, -0.2) is 0 Å². The second-order valence-corrected chi connectivity index (χ2v) is 5.84. The molecule has 0 heterocycles. The molecule has 26 heavy (non-hydrogen) atoms. The summed E-state index contributed by atoms with van der Waals surface area (Å²) in [6, 6.07) is 20.6. The predicted octanol–water partition coefficient (Wildman–Crippen LogP) is 5.33. The van der Waals surface area contributed by atoms with Gasteiger partial charge in [-0.15, -0.1) is 10.2 Å². The van der Waals surface area contributed by atoms with E-state index in [1.165, 1.54) is 6.07 Å². The van der Waals surface area contributed by atoms with E-state index >= 15 is 0 Å². The van der Waals surface area contributed by atoms with Gasteiger partial charge >= 0.3 is 0 Å². The van der Waals surface area contributed by atoms with Gasteiger partial charge in [0.2, 0.25) is 0 Å². The number of hydrogen-bond acceptors (Lipinski definition) is 4. The molecule has 1 amide bonds. The van der Waals surface area contributed by atoms with Crippen molar-refractivity contribution >= 4 is 33.1 Å². The molecule has 2 N–H and O–H groups in total. The molecular weight excluding hydrogens is 328 g/mol. The first-order chi connectivity index (χ1) is 12.6. The maximum atomic E-state index is 12.3. The molecule has 0 spiro atoms. The number of rotatable bonds is 2. The maximum Gasteiger partial charge on any atom is 0.295 e. The van der Waals surface area contributed by atoms with E-state index in [0.717, 1.165) is 0 Å². The third-order valence-electron chi connectivity index (χ3n) is 4.23. The molecule has 0 unspecified atom stereocenters. The lowest BCUT2D eigenvalue weighted by atomic mass is 9.99. The summed E-state index contributed by atoms with van der Waals surface area (Å²) in [7, 11) is 0. The number of hydrogen-bond donors (Lipinski definition) is 2. The molecule has 0 aliphatic carbocycles. The Labute approximate surface area is 148 Å². The summed E-state index contributed by atoms with van der Waals surface area (Å²) in [6.07, 6.45) is 0. The number of amides is 1. The van der Waals surface area contributed by atoms with Crippen LogP contribution in [0.15, 0.2) is 83.0 Å². The number of carbonyl (C=O) groups excluding carboxylic acids is 1. The zero-order chi connectivity index (χ0) is 18.1. The van der Waals surface area contributed by atoms with Crippen LogP contribution in [0.5, 0.6) is 11.5 Å². The lowest BCUT2D eigenvalue weighted by molar-refractivity contribution is 0.0995. The number of azo groups is 1. The van der Waals surface area contributed by atoms with Gasteiger partial charge in [0, 0.05) is 27.1 Å². The van der Waals surface area contributed by atoms with Gasteiger partial charge in [-0.3, -0.25) is 4.79 Å². The van der Waals surface area contributed by atoms with Crippen LogP contribution in [0, 0.1) is 0 Å². The van der Waals surface area contributed by atoms with E-state index in [4.69, 9.17) is 0 Å². The standard InChI is InChI=1S/C21H14N2O3/c24-19-15-8-4-5-9-16(15)20(25)18-12-13(10-11-17(18)19)21(26)23-22-14-6-2-1-3-7-14/h1-12,24-25H. The van der Waals surface area contributed by atoms with Crippen LogP contribution in [0.4, 0.5) is 5.69 Å². The Morgan fingerprint density at radius 1 is 0.692 bits per heavy atom. The summed E-state index contributed by atoms with van der Waals surface area (Å²) < 4.78 is 0. The summed E-state index contributed by atoms with van der Waals surface area (Å²) in [4.78, 5) is 12.3. The normalized spacial score (nSPS) is 11.4. The minimum atomic E-state index is -0.525. The summed E-state index contributed by atoms with van der Waals surface area (Å²) >= 11 is 0. The molecule has 0 aliphatic rings. The van der Waals surface area contributed by atoms with Crippen molar-refractivity contribution in [1.29, 1.82) is 0 Å². The molecule has 0 aliphatic heterocycles. The molecule has 0 bridgehead atoms. The maximum absolute atomic E-state index is 12.3. The number of benzene rings is 4. The van der Waals surface area contributed by atoms with Gasteiger partial charge in [-0.2, -0.15) is 0 Å². The van der Waals surface area contributed by atoms with Crippen molar-refractivity contribution in [1.82, 2.24) is 0 Å². The Morgan fingerprint density at radius 3 is 1.96 bits per heavy atom. The fourth-order valence-electron chi connectivity index (χ4n) is 2.92. The molecule has 4 aromatic carbocycles. The molecule has 0 saturated carbocycles. The van der Waals surface area contributed by atoms with E-state index in [0.29, 0.717) is 27.2 Å². The number of phenolic OH excluding ortho intramolecular Hbond substituents is 2. The number of aromatic hydroxyl groups is 2. The highest BCUT2D eigenvalue weighted by molar-refractivity contribution is 6.12. The monoisotopic (exact) mass is 342 g/mol. The molecule has 0 saturated heterocycles. The van der Waals surface area contributed by atoms with Crippen LogP contribution in [-0.4, -0.2) is 16.1 Å². The van der Waals surface area contributed by atoms with Gasteiger partial charge in [0.05, 0.1) is 5.69 Å². The average molecular weight is 342 g/mol. The Balaban J connectivity index is 1.80. The van der Waals surface area contributed by atoms with Crippen molar-refractivity contribution in [2.24, 2.45) is 10.2 Å². The molecule has 5 nitrogen and oxygen atoms in total. The highest BCUT2D eigenvalue weighted by Gasteiger charge is 2.14. The second kappa shape index (κ2) is 6.29. The Morgan fingerprint density at radius 2 is 1.27 bits per heavy atom. The van der Waals surface area contributed by atoms with Gasteiger partial charge in [-0.05, 0) is 30.3 Å². The number of fused-ring (bicyclic) bond motifs is 2. The van der Waals surface area contributed by atoms with Crippen molar-refractivity contribution in [3.63, 3.8) is 0 Å². The molecule has 4 rings (SSSR count). The largest absolute Gasteiger partial charge is 0.507 e. The lowest BCUT2D eigenvalue weighted by Crippen LogP contribution is -1.94. The van der Waals surface area contributed by atoms with Crippen LogP contribution in [0.1, 0.15) is 10.4 Å². The van der Waals surface area contributed by atoms with E-state index < -0.39 is 5.91 Å². The van der Waals surface area contributed by atoms with Gasteiger partial charge in [0.15, 0.2) is 0 Å². The van der Waals surface area contributed by atoms with E-state index in [2.05, 4.69) is 10.2 Å². The first-order valence-corrected chi connectivity index (χ1v) is 8.02. The highest BCUT2D eigenvalue weighted by Crippen LogP contribution is 2.41. The molecular formula is C21H14N2O3. The quantitative estimate of drug-likeness (QED) is 0.293. The smallest absolute Gasteiger partial charge is 0.295 e. The highest BCUT2D eigenvalue weighted by atomic mass is 16.3. The third kappa shape index (κ3) is 2.65. The molecule has 5 heteroatoms. The second-order valence-electron chi connectivity index (χ2n) is 5.84. The minimum Gasteiger partial charge on any atom is -0.507 e. The number of nitrogens with zero attached hydrogens (tertiary/aromatic N) is 2. The van der Waals surface area contributed by atoms with Gasteiger partial charge in [0.1, 0.15) is 11.5 Å². The molecule has 126 valence electrons. The Kier molecular flexibility index (Phi) is 3.82. The van der Waals surface area contributed by atoms with Crippen LogP contribution in [0.2, 0.25) is 0 Å². The lowest BCUT2D eigenvalue weighted by Gasteiger charge is -2.10. The Bertz CT molecular complexity index is 1170. The Hall–Kier alpha value is -3.73. The van der Waals surface area contributed by atoms with E-state index in [1.54, 1.807) is 60.7 Å². The SMILES string of the molecule is O=C(N=Nc1ccccc1)c1ccc2c(O)c3ccccc3c(O)c2c1. The van der Waals surface area contributed by atoms with Crippen molar-refractivity contribution in [3.8, 4) is 11.5 Å². The van der Waals surface area contributed by atoms with Crippen LogP contribution >= 0.6 is 0 Å². The van der Waals surface area contributed by atoms with E-state index in [-0.39, 0.29) is 17.1 Å². The van der Waals surface area contributed by atoms with Crippen LogP contribution < -0.4 is 0 Å². The summed E-state index contributed by atoms with van der Waals surface area (Å²) in [6.45, 7) is 0. The van der Waals surface area contributed by atoms with Crippen molar-refractivity contribution in [3.05, 3.63) is 78.4 Å². The van der Waals surface area contributed by atoms with E-state index in [1.807, 2.05) is 6.07 Å². The van der Waals surface area contributed by atoms with Gasteiger partial charge in [0.25, 0.3) is 5.91 Å². The first-order valence-electron chi connectivity index (χ1n) is 8.02. The molecule has 0 aromatic heterocycles. The summed E-state index contributed by atoms with van der Waals surface area (Å²) in [5.74, 6) is -0.441. The average Bonchev–Trinajstić information content (AvgIpc) is 2.70. The number of phenols is 2. The van der Waals surface area contributed by atoms with Crippen LogP contribution in [0.3, 0.4) is 0 Å².